The highest BCUT2D eigenvalue weighted by Gasteiger charge is 2.45. The van der Waals surface area contributed by atoms with Gasteiger partial charge in [0.25, 0.3) is 5.56 Å². The van der Waals surface area contributed by atoms with Crippen molar-refractivity contribution >= 4 is 38.5 Å². The number of fused-ring (bicyclic) bond motifs is 4. The summed E-state index contributed by atoms with van der Waals surface area (Å²) in [6.07, 6.45) is 2.93. The number of aromatic hydroxyl groups is 1. The summed E-state index contributed by atoms with van der Waals surface area (Å²) in [6, 6.07) is 16.8. The topological polar surface area (TPSA) is 166 Å². The van der Waals surface area contributed by atoms with E-state index in [1.807, 2.05) is 30.3 Å². The number of carbonyl (C=O) groups is 2. The first-order chi connectivity index (χ1) is 26.5. The Morgan fingerprint density at radius 2 is 1.69 bits per heavy atom. The number of Topliss-reactive ketones (excluding diaryl/α,β-unsaturated/α-hetero) is 1. The number of hydrogen-bond donors (Lipinski definition) is 1. The summed E-state index contributed by atoms with van der Waals surface area (Å²) in [5, 5.41) is 11.4. The molecule has 2 atom stereocenters. The summed E-state index contributed by atoms with van der Waals surface area (Å²) >= 11 is 3.23. The van der Waals surface area contributed by atoms with Crippen molar-refractivity contribution in [2.24, 2.45) is 7.05 Å². The van der Waals surface area contributed by atoms with Gasteiger partial charge in [0.15, 0.2) is 23.1 Å². The molecule has 14 nitrogen and oxygen atoms in total. The third kappa shape index (κ3) is 5.95. The molecular formula is C40H34BrN5O9. The van der Waals surface area contributed by atoms with E-state index in [9.17, 15) is 29.1 Å². The van der Waals surface area contributed by atoms with Crippen molar-refractivity contribution in [1.82, 2.24) is 23.5 Å². The van der Waals surface area contributed by atoms with Gasteiger partial charge in [-0.25, -0.2) is 28.5 Å². The maximum absolute atomic E-state index is 14.2. The zero-order chi connectivity index (χ0) is 38.7. The van der Waals surface area contributed by atoms with Crippen molar-refractivity contribution < 1.29 is 28.9 Å². The molecule has 3 heterocycles. The summed E-state index contributed by atoms with van der Waals surface area (Å²) in [5.74, 6) is -0.619. The number of phenolic OH excluding ortho intramolecular Hbond substituents is 1. The van der Waals surface area contributed by atoms with E-state index >= 15 is 0 Å². The molecule has 0 bridgehead atoms. The monoisotopic (exact) mass is 807 g/mol. The fourth-order valence-corrected chi connectivity index (χ4v) is 8.21. The predicted molar refractivity (Wildman–Crippen MR) is 204 cm³/mol. The van der Waals surface area contributed by atoms with Crippen LogP contribution in [0.4, 0.5) is 0 Å². The number of rotatable bonds is 9. The van der Waals surface area contributed by atoms with Crippen LogP contribution in [0.25, 0.3) is 11.0 Å². The van der Waals surface area contributed by atoms with Gasteiger partial charge in [0.05, 0.1) is 42.3 Å². The molecule has 0 spiro atoms. The number of methoxy groups -OCH3 is 2. The van der Waals surface area contributed by atoms with E-state index in [0.29, 0.717) is 39.4 Å². The van der Waals surface area contributed by atoms with Crippen LogP contribution in [0.5, 0.6) is 23.0 Å². The first-order valence-electron chi connectivity index (χ1n) is 17.4. The highest BCUT2D eigenvalue weighted by Crippen LogP contribution is 2.52. The van der Waals surface area contributed by atoms with Gasteiger partial charge in [-0.15, -0.1) is 0 Å². The molecule has 5 aromatic rings. The molecule has 0 fully saturated rings. The lowest BCUT2D eigenvalue weighted by Crippen LogP contribution is -2.40. The van der Waals surface area contributed by atoms with Crippen LogP contribution in [0.15, 0.2) is 108 Å². The molecule has 0 radical (unpaired) electrons. The van der Waals surface area contributed by atoms with Crippen molar-refractivity contribution in [3.63, 3.8) is 0 Å². The lowest BCUT2D eigenvalue weighted by Gasteiger charge is -2.39. The zero-order valence-corrected chi connectivity index (χ0v) is 31.5. The molecule has 8 rings (SSSR count). The number of benzene rings is 3. The van der Waals surface area contributed by atoms with Crippen molar-refractivity contribution in [3.05, 3.63) is 142 Å². The average molecular weight is 809 g/mol. The first-order valence-corrected chi connectivity index (χ1v) is 18.2. The number of halogens is 1. The fourth-order valence-electron chi connectivity index (χ4n) is 7.76. The highest BCUT2D eigenvalue weighted by molar-refractivity contribution is 9.12. The second-order valence-corrected chi connectivity index (χ2v) is 14.3. The predicted octanol–water partition coefficient (Wildman–Crippen LogP) is 4.00. The van der Waals surface area contributed by atoms with Crippen LogP contribution in [-0.2, 0) is 42.8 Å². The molecule has 1 aliphatic heterocycles. The maximum Gasteiger partial charge on any atom is 0.347 e. The maximum atomic E-state index is 14.2. The average Bonchev–Trinajstić information content (AvgIpc) is 3.44. The van der Waals surface area contributed by atoms with Gasteiger partial charge in [-0.05, 0) is 33.1 Å². The molecule has 2 unspecified atom stereocenters. The Bertz CT molecular complexity index is 2740. The largest absolute Gasteiger partial charge is 0.507 e. The Balaban J connectivity index is 1.15. The normalized spacial score (nSPS) is 17.7. The highest BCUT2D eigenvalue weighted by atomic mass is 79.9. The van der Waals surface area contributed by atoms with E-state index in [-0.39, 0.29) is 59.6 Å². The van der Waals surface area contributed by atoms with Gasteiger partial charge in [-0.1, -0.05) is 42.5 Å². The van der Waals surface area contributed by atoms with Crippen molar-refractivity contribution in [1.29, 1.82) is 0 Å². The molecule has 280 valence electrons. The number of ketones is 2. The molecule has 0 saturated heterocycles. The number of ether oxygens (including phenoxy) is 3. The van der Waals surface area contributed by atoms with E-state index < -0.39 is 40.5 Å². The summed E-state index contributed by atoms with van der Waals surface area (Å²) in [7, 11) is 4.59. The molecule has 0 amide bonds. The Hall–Kier alpha value is -6.22. The van der Waals surface area contributed by atoms with E-state index in [1.54, 1.807) is 37.4 Å². The Morgan fingerprint density at radius 3 is 2.42 bits per heavy atom. The molecule has 1 N–H and O–H groups in total. The third-order valence-corrected chi connectivity index (χ3v) is 11.0. The lowest BCUT2D eigenvalue weighted by molar-refractivity contribution is -0.115. The lowest BCUT2D eigenvalue weighted by atomic mass is 9.68. The van der Waals surface area contributed by atoms with E-state index in [0.717, 1.165) is 10.1 Å². The van der Waals surface area contributed by atoms with Crippen molar-refractivity contribution in [2.45, 2.75) is 44.5 Å². The van der Waals surface area contributed by atoms with Gasteiger partial charge in [0, 0.05) is 73.3 Å². The Labute approximate surface area is 320 Å². The molecule has 55 heavy (non-hydrogen) atoms. The minimum atomic E-state index is -0.898. The van der Waals surface area contributed by atoms with Gasteiger partial charge in [-0.3, -0.25) is 14.4 Å². The van der Waals surface area contributed by atoms with Gasteiger partial charge >= 0.3 is 11.4 Å². The minimum absolute atomic E-state index is 0.00958. The fraction of sp³-hybridized carbons (Fsp3) is 0.250. The third-order valence-electron chi connectivity index (χ3n) is 10.5. The Morgan fingerprint density at radius 1 is 0.945 bits per heavy atom. The van der Waals surface area contributed by atoms with Gasteiger partial charge < -0.3 is 23.9 Å². The van der Waals surface area contributed by atoms with Crippen LogP contribution < -0.4 is 31.1 Å². The van der Waals surface area contributed by atoms with Gasteiger partial charge in [-0.2, -0.15) is 0 Å². The van der Waals surface area contributed by atoms with Crippen molar-refractivity contribution in [3.8, 4) is 23.0 Å². The smallest absolute Gasteiger partial charge is 0.347 e. The van der Waals surface area contributed by atoms with Crippen molar-refractivity contribution in [2.75, 3.05) is 14.2 Å². The van der Waals surface area contributed by atoms with E-state index in [2.05, 4.69) is 20.9 Å². The molecule has 2 aromatic heterocycles. The van der Waals surface area contributed by atoms with Crippen LogP contribution in [0.1, 0.15) is 35.2 Å². The number of hydrogen-bond acceptors (Lipinski definition) is 10. The van der Waals surface area contributed by atoms with Gasteiger partial charge in [0.1, 0.15) is 23.8 Å². The second kappa shape index (κ2) is 13.9. The van der Waals surface area contributed by atoms with Crippen LogP contribution in [-0.4, -0.2) is 54.4 Å². The first kappa shape index (κ1) is 35.8. The number of allylic oxidation sites excluding steroid dienone is 6. The molecule has 2 aliphatic carbocycles. The minimum Gasteiger partial charge on any atom is -0.507 e. The quantitative estimate of drug-likeness (QED) is 0.170. The van der Waals surface area contributed by atoms with E-state index in [4.69, 9.17) is 14.2 Å². The number of phenols is 1. The summed E-state index contributed by atoms with van der Waals surface area (Å²) in [4.78, 5) is 73.3. The number of nitrogens with zero attached hydrogens (tertiary/aromatic N) is 5. The molecule has 3 aromatic carbocycles. The summed E-state index contributed by atoms with van der Waals surface area (Å²) in [5.41, 5.74) is 1.74. The van der Waals surface area contributed by atoms with Crippen LogP contribution >= 0.6 is 15.9 Å². The number of aryl methyl sites for hydroxylation is 2. The second-order valence-electron chi connectivity index (χ2n) is 13.4. The molecule has 15 heteroatoms. The van der Waals surface area contributed by atoms with E-state index in [1.165, 1.54) is 40.3 Å². The number of aromatic nitrogens is 5. The standard InChI is InChI=1S/C40H34BrN5O9/c1-43-30-19-34(54-3)33(53-2)18-28(30)42-27(38(43)50)12-13-44-39(51)45-14-11-23-29(46(45)40(44)52)16-25-36(32(48)17-26(41)37(25)49)35(23)24-10-9-22(15-31(24)47)55-20-21-7-5-4-6-8-21/h4-11,15,17-19,29,35,47H,12-14,16,20H2,1-3H3. The molecule has 0 saturated carbocycles. The van der Waals surface area contributed by atoms with Crippen LogP contribution in [0, 0.1) is 0 Å². The SMILES string of the molecule is COc1cc2nc(CCn3c(=O)n4n(c3=O)C3CC5=C(C(=O)C=C(Br)C5=O)C(c5ccc(OCc6ccccc6)cc5O)C3=CC4)c(=O)n(C)c2cc1OC. The summed E-state index contributed by atoms with van der Waals surface area (Å²) in [6.45, 7) is 0.108. The number of carbonyl (C=O) groups excluding carboxylic acids is 2. The zero-order valence-electron chi connectivity index (χ0n) is 29.9. The van der Waals surface area contributed by atoms with Crippen LogP contribution in [0.2, 0.25) is 0 Å². The van der Waals surface area contributed by atoms with Gasteiger partial charge in [0.2, 0.25) is 0 Å². The summed E-state index contributed by atoms with van der Waals surface area (Å²) < 4.78 is 21.9. The molecular weight excluding hydrogens is 774 g/mol. The van der Waals surface area contributed by atoms with Crippen LogP contribution in [0.3, 0.4) is 0 Å². The molecule has 3 aliphatic rings. The Kier molecular flexibility index (Phi) is 9.04.